The topological polar surface area (TPSA) is 75.4 Å². The number of nitrogens with zero attached hydrogens (tertiary/aromatic N) is 1. The summed E-state index contributed by atoms with van der Waals surface area (Å²) in [6, 6.07) is 7.97. The molecule has 2 aromatic carbocycles. The highest BCUT2D eigenvalue weighted by molar-refractivity contribution is 5.97. The van der Waals surface area contributed by atoms with Crippen LogP contribution >= 0.6 is 0 Å². The maximum atomic E-state index is 14.3. The van der Waals surface area contributed by atoms with Crippen LogP contribution in [0.25, 0.3) is 0 Å². The van der Waals surface area contributed by atoms with E-state index in [1.165, 1.54) is 19.1 Å². The minimum atomic E-state index is -0.693. The smallest absolute Gasteiger partial charge is 0.248 e. The molecule has 0 saturated heterocycles. The van der Waals surface area contributed by atoms with Crippen LogP contribution < -0.4 is 16.0 Å². The van der Waals surface area contributed by atoms with E-state index < -0.39 is 17.5 Å². The Bertz CT molecular complexity index is 990. The average molecular weight is 399 g/mol. The van der Waals surface area contributed by atoms with E-state index in [1.54, 1.807) is 23.1 Å². The van der Waals surface area contributed by atoms with Crippen molar-refractivity contribution >= 4 is 23.2 Å². The van der Waals surface area contributed by atoms with Gasteiger partial charge in [0.05, 0.1) is 11.7 Å². The van der Waals surface area contributed by atoms with Gasteiger partial charge >= 0.3 is 0 Å². The first-order chi connectivity index (χ1) is 13.8. The molecular weight excluding hydrogens is 376 g/mol. The number of carbonyl (C=O) groups excluding carboxylic acids is 2. The van der Waals surface area contributed by atoms with E-state index in [2.05, 4.69) is 5.32 Å². The van der Waals surface area contributed by atoms with Crippen molar-refractivity contribution < 1.29 is 18.4 Å². The van der Waals surface area contributed by atoms with Gasteiger partial charge in [-0.3, -0.25) is 9.59 Å². The Morgan fingerprint density at radius 3 is 2.45 bits per heavy atom. The van der Waals surface area contributed by atoms with Crippen molar-refractivity contribution in [3.8, 4) is 0 Å². The van der Waals surface area contributed by atoms with Gasteiger partial charge in [-0.05, 0) is 54.7 Å². The fourth-order valence-electron chi connectivity index (χ4n) is 4.49. The SMILES string of the molecule is CC(=O)N1c2ccc(C(N)=O)cc2[C@H](Nc2ccc(F)cc2F)[C@@H](C)[C@@H]1C1CC1. The van der Waals surface area contributed by atoms with Crippen molar-refractivity contribution in [2.24, 2.45) is 17.6 Å². The van der Waals surface area contributed by atoms with Crippen molar-refractivity contribution in [2.45, 2.75) is 38.8 Å². The van der Waals surface area contributed by atoms with Gasteiger partial charge in [0.1, 0.15) is 11.6 Å². The Kier molecular flexibility index (Phi) is 4.76. The van der Waals surface area contributed by atoms with Crippen LogP contribution in [0.5, 0.6) is 0 Å². The number of hydrogen-bond donors (Lipinski definition) is 2. The van der Waals surface area contributed by atoms with E-state index in [0.29, 0.717) is 22.7 Å². The molecule has 1 fully saturated rings. The van der Waals surface area contributed by atoms with Gasteiger partial charge in [-0.25, -0.2) is 8.78 Å². The minimum absolute atomic E-state index is 0.0413. The first-order valence-electron chi connectivity index (χ1n) is 9.73. The summed E-state index contributed by atoms with van der Waals surface area (Å²) in [6.07, 6.45) is 2.07. The minimum Gasteiger partial charge on any atom is -0.375 e. The summed E-state index contributed by atoms with van der Waals surface area (Å²) < 4.78 is 27.7. The number of amides is 2. The summed E-state index contributed by atoms with van der Waals surface area (Å²) in [7, 11) is 0. The van der Waals surface area contributed by atoms with Gasteiger partial charge in [0, 0.05) is 36.2 Å². The van der Waals surface area contributed by atoms with Crippen LogP contribution in [0.15, 0.2) is 36.4 Å². The number of hydrogen-bond acceptors (Lipinski definition) is 3. The lowest BCUT2D eigenvalue weighted by molar-refractivity contribution is -0.117. The number of nitrogens with two attached hydrogens (primary N) is 1. The van der Waals surface area contributed by atoms with Crippen molar-refractivity contribution in [3.05, 3.63) is 59.2 Å². The number of rotatable bonds is 4. The molecule has 7 heteroatoms. The summed E-state index contributed by atoms with van der Waals surface area (Å²) in [5.74, 6) is -1.69. The molecule has 29 heavy (non-hydrogen) atoms. The molecule has 1 aliphatic heterocycles. The largest absolute Gasteiger partial charge is 0.375 e. The normalized spacial score (nSPS) is 23.4. The van der Waals surface area contributed by atoms with Crippen LogP contribution in [0.3, 0.4) is 0 Å². The third kappa shape index (κ3) is 3.45. The first-order valence-corrected chi connectivity index (χ1v) is 9.73. The van der Waals surface area contributed by atoms with Crippen LogP contribution in [-0.2, 0) is 4.79 Å². The summed E-state index contributed by atoms with van der Waals surface area (Å²) in [6.45, 7) is 3.54. The van der Waals surface area contributed by atoms with Gasteiger partial charge in [0.2, 0.25) is 11.8 Å². The zero-order valence-electron chi connectivity index (χ0n) is 16.3. The zero-order chi connectivity index (χ0) is 20.9. The van der Waals surface area contributed by atoms with Crippen LogP contribution in [0, 0.1) is 23.5 Å². The predicted molar refractivity (Wildman–Crippen MR) is 107 cm³/mol. The lowest BCUT2D eigenvalue weighted by Crippen LogP contribution is -2.51. The van der Waals surface area contributed by atoms with Crippen molar-refractivity contribution in [2.75, 3.05) is 10.2 Å². The highest BCUT2D eigenvalue weighted by Crippen LogP contribution is 2.50. The Morgan fingerprint density at radius 2 is 1.86 bits per heavy atom. The molecule has 3 atom stereocenters. The number of carbonyl (C=O) groups is 2. The van der Waals surface area contributed by atoms with Gasteiger partial charge in [-0.1, -0.05) is 6.92 Å². The van der Waals surface area contributed by atoms with Gasteiger partial charge in [-0.2, -0.15) is 0 Å². The Balaban J connectivity index is 1.84. The molecule has 152 valence electrons. The van der Waals surface area contributed by atoms with Crippen LogP contribution in [-0.4, -0.2) is 17.9 Å². The fourth-order valence-corrected chi connectivity index (χ4v) is 4.49. The summed E-state index contributed by atoms with van der Waals surface area (Å²) >= 11 is 0. The number of nitrogens with one attached hydrogen (secondary N) is 1. The van der Waals surface area contributed by atoms with E-state index in [9.17, 15) is 18.4 Å². The van der Waals surface area contributed by atoms with E-state index in [4.69, 9.17) is 5.73 Å². The van der Waals surface area contributed by atoms with E-state index in [-0.39, 0.29) is 29.6 Å². The van der Waals surface area contributed by atoms with Gasteiger partial charge < -0.3 is 16.0 Å². The Labute approximate surface area is 167 Å². The van der Waals surface area contributed by atoms with Crippen LogP contribution in [0.1, 0.15) is 48.7 Å². The molecule has 5 nitrogen and oxygen atoms in total. The van der Waals surface area contributed by atoms with Gasteiger partial charge in [-0.15, -0.1) is 0 Å². The second-order valence-electron chi connectivity index (χ2n) is 7.96. The lowest BCUT2D eigenvalue weighted by atomic mass is 9.79. The number of fused-ring (bicyclic) bond motifs is 1. The van der Waals surface area contributed by atoms with Crippen LogP contribution in [0.2, 0.25) is 0 Å². The van der Waals surface area contributed by atoms with Crippen LogP contribution in [0.4, 0.5) is 20.2 Å². The second-order valence-corrected chi connectivity index (χ2v) is 7.96. The van der Waals surface area contributed by atoms with Crippen molar-refractivity contribution in [1.82, 2.24) is 0 Å². The first kappa shape index (κ1) is 19.4. The molecule has 2 aliphatic rings. The molecule has 0 unspecified atom stereocenters. The molecule has 0 bridgehead atoms. The summed E-state index contributed by atoms with van der Waals surface area (Å²) in [5, 5.41) is 3.19. The van der Waals surface area contributed by atoms with Crippen molar-refractivity contribution in [1.29, 1.82) is 0 Å². The number of anilines is 2. The van der Waals surface area contributed by atoms with E-state index in [0.717, 1.165) is 18.9 Å². The maximum absolute atomic E-state index is 14.3. The number of halogens is 2. The fraction of sp³-hybridized carbons (Fsp3) is 0.364. The third-order valence-electron chi connectivity index (χ3n) is 5.96. The maximum Gasteiger partial charge on any atom is 0.248 e. The number of benzene rings is 2. The average Bonchev–Trinajstić information content (AvgIpc) is 3.49. The summed E-state index contributed by atoms with van der Waals surface area (Å²) in [5.41, 5.74) is 7.34. The molecular formula is C22H23F2N3O2. The molecule has 2 amide bonds. The molecule has 1 heterocycles. The third-order valence-corrected chi connectivity index (χ3v) is 5.96. The Morgan fingerprint density at radius 1 is 1.14 bits per heavy atom. The van der Waals surface area contributed by atoms with Gasteiger partial charge in [0.25, 0.3) is 0 Å². The lowest BCUT2D eigenvalue weighted by Gasteiger charge is -2.46. The standard InChI is InChI=1S/C22H23F2N3O2/c1-11-20(26-18-7-6-15(23)10-17(18)24)16-9-14(22(25)29)5-8-19(16)27(12(2)28)21(11)13-3-4-13/h5-11,13,20-21,26H,3-4H2,1-2H3,(H2,25,29)/t11-,20-,21-/m1/s1. The summed E-state index contributed by atoms with van der Waals surface area (Å²) in [4.78, 5) is 26.1. The van der Waals surface area contributed by atoms with E-state index >= 15 is 0 Å². The van der Waals surface area contributed by atoms with Crippen molar-refractivity contribution in [3.63, 3.8) is 0 Å². The highest BCUT2D eigenvalue weighted by atomic mass is 19.1. The second kappa shape index (κ2) is 7.13. The predicted octanol–water partition coefficient (Wildman–Crippen LogP) is 4.00. The molecule has 1 saturated carbocycles. The molecule has 3 N–H and O–H groups in total. The zero-order valence-corrected chi connectivity index (χ0v) is 16.3. The molecule has 0 aromatic heterocycles. The molecule has 0 spiro atoms. The van der Waals surface area contributed by atoms with E-state index in [1.807, 2.05) is 6.92 Å². The Hall–Kier alpha value is -2.96. The monoisotopic (exact) mass is 399 g/mol. The molecule has 2 aromatic rings. The molecule has 4 rings (SSSR count). The molecule has 0 radical (unpaired) electrons. The number of primary amides is 1. The highest BCUT2D eigenvalue weighted by Gasteiger charge is 2.47. The molecule has 1 aliphatic carbocycles. The quantitative estimate of drug-likeness (QED) is 0.816. The van der Waals surface area contributed by atoms with Gasteiger partial charge in [0.15, 0.2) is 0 Å².